The molecule has 1 aromatic carbocycles. The van der Waals surface area contributed by atoms with Crippen molar-refractivity contribution in [2.45, 2.75) is 13.0 Å². The van der Waals surface area contributed by atoms with Gasteiger partial charge in [-0.25, -0.2) is 0 Å². The molecule has 0 amide bonds. The van der Waals surface area contributed by atoms with Gasteiger partial charge in [-0.15, -0.1) is 11.3 Å². The number of hydrogen-bond acceptors (Lipinski definition) is 2. The van der Waals surface area contributed by atoms with E-state index in [4.69, 9.17) is 0 Å². The number of aliphatic hydroxyl groups excluding tert-OH is 1. The van der Waals surface area contributed by atoms with Gasteiger partial charge in [0.2, 0.25) is 0 Å². The molecule has 0 saturated carbocycles. The first-order valence-corrected chi connectivity index (χ1v) is 8.36. The topological polar surface area (TPSA) is 20.2 Å². The van der Waals surface area contributed by atoms with Gasteiger partial charge in [0, 0.05) is 9.13 Å². The van der Waals surface area contributed by atoms with Crippen LogP contribution in [-0.4, -0.2) is 5.11 Å². The minimum Gasteiger partial charge on any atom is -0.384 e. The second-order valence-corrected chi connectivity index (χ2v) is 8.49. The van der Waals surface area contributed by atoms with Crippen molar-refractivity contribution in [2.24, 2.45) is 0 Å². The molecule has 0 fully saturated rings. The zero-order valence-electron chi connectivity index (χ0n) is 8.88. The highest BCUT2D eigenvalue weighted by Gasteiger charge is 2.19. The highest BCUT2D eigenvalue weighted by molar-refractivity contribution is 14.1. The molecule has 0 bridgehead atoms. The SMILES string of the molecule is Cc1cccc(C(O)c2cc(Br)sc2Br)c1I. The maximum atomic E-state index is 10.4. The summed E-state index contributed by atoms with van der Waals surface area (Å²) in [6.45, 7) is 2.05. The Labute approximate surface area is 135 Å². The van der Waals surface area contributed by atoms with E-state index in [9.17, 15) is 5.11 Å². The zero-order valence-corrected chi connectivity index (χ0v) is 15.0. The average Bonchev–Trinajstić information content (AvgIpc) is 2.61. The predicted octanol–water partition coefficient (Wildman–Crippen LogP) is 5.27. The lowest BCUT2D eigenvalue weighted by Gasteiger charge is -2.13. The first-order valence-electron chi connectivity index (χ1n) is 4.88. The van der Waals surface area contributed by atoms with Gasteiger partial charge in [-0.1, -0.05) is 18.2 Å². The van der Waals surface area contributed by atoms with Gasteiger partial charge in [-0.3, -0.25) is 0 Å². The molecule has 0 aliphatic rings. The third kappa shape index (κ3) is 2.94. The lowest BCUT2D eigenvalue weighted by Crippen LogP contribution is -2.02. The van der Waals surface area contributed by atoms with Crippen molar-refractivity contribution in [3.05, 3.63) is 52.1 Å². The highest BCUT2D eigenvalue weighted by Crippen LogP contribution is 2.39. The summed E-state index contributed by atoms with van der Waals surface area (Å²) < 4.78 is 3.10. The van der Waals surface area contributed by atoms with Crippen LogP contribution in [0.15, 0.2) is 31.8 Å². The third-order valence-electron chi connectivity index (χ3n) is 2.49. The number of benzene rings is 1. The number of aliphatic hydroxyl groups is 1. The van der Waals surface area contributed by atoms with Crippen LogP contribution in [0.1, 0.15) is 22.8 Å². The van der Waals surface area contributed by atoms with E-state index in [1.165, 1.54) is 5.56 Å². The maximum Gasteiger partial charge on any atom is 0.107 e. The fraction of sp³-hybridized carbons (Fsp3) is 0.167. The molecule has 0 aliphatic heterocycles. The molecule has 90 valence electrons. The van der Waals surface area contributed by atoms with Gasteiger partial charge in [0.05, 0.1) is 7.57 Å². The van der Waals surface area contributed by atoms with E-state index in [1.54, 1.807) is 11.3 Å². The van der Waals surface area contributed by atoms with Crippen molar-refractivity contribution in [3.63, 3.8) is 0 Å². The Bertz CT molecular complexity index is 553. The summed E-state index contributed by atoms with van der Waals surface area (Å²) in [6.07, 6.45) is -0.585. The molecule has 1 heterocycles. The first kappa shape index (κ1) is 14.0. The van der Waals surface area contributed by atoms with Crippen LogP contribution in [0, 0.1) is 10.5 Å². The summed E-state index contributed by atoms with van der Waals surface area (Å²) >= 11 is 10.8. The van der Waals surface area contributed by atoms with Crippen molar-refractivity contribution in [2.75, 3.05) is 0 Å². The Morgan fingerprint density at radius 2 is 2.00 bits per heavy atom. The number of hydrogen-bond donors (Lipinski definition) is 1. The largest absolute Gasteiger partial charge is 0.384 e. The van der Waals surface area contributed by atoms with E-state index < -0.39 is 6.10 Å². The Hall–Kier alpha value is 0.570. The lowest BCUT2D eigenvalue weighted by molar-refractivity contribution is 0.219. The van der Waals surface area contributed by atoms with E-state index in [0.29, 0.717) is 0 Å². The summed E-state index contributed by atoms with van der Waals surface area (Å²) in [7, 11) is 0. The van der Waals surface area contributed by atoms with E-state index in [0.717, 1.165) is 22.3 Å². The molecular formula is C12H9Br2IOS. The molecular weight excluding hydrogens is 479 g/mol. The predicted molar refractivity (Wildman–Crippen MR) is 87.7 cm³/mol. The lowest BCUT2D eigenvalue weighted by atomic mass is 10.0. The standard InChI is InChI=1S/C12H9Br2IOS/c1-6-3-2-4-7(10(6)15)11(16)8-5-9(13)17-12(8)14/h2-5,11,16H,1H3. The molecule has 1 atom stereocenters. The molecule has 0 saturated heterocycles. The average molecular weight is 488 g/mol. The van der Waals surface area contributed by atoms with Crippen LogP contribution in [-0.2, 0) is 0 Å². The molecule has 17 heavy (non-hydrogen) atoms. The molecule has 1 N–H and O–H groups in total. The van der Waals surface area contributed by atoms with E-state index in [1.807, 2.05) is 18.2 Å². The summed E-state index contributed by atoms with van der Waals surface area (Å²) in [6, 6.07) is 7.96. The number of halogens is 3. The van der Waals surface area contributed by atoms with Gasteiger partial charge in [0.15, 0.2) is 0 Å². The molecule has 5 heteroatoms. The van der Waals surface area contributed by atoms with Gasteiger partial charge >= 0.3 is 0 Å². The first-order chi connectivity index (χ1) is 8.00. The van der Waals surface area contributed by atoms with Crippen molar-refractivity contribution in [1.82, 2.24) is 0 Å². The third-order valence-corrected chi connectivity index (χ3v) is 6.35. The number of rotatable bonds is 2. The molecule has 0 spiro atoms. The van der Waals surface area contributed by atoms with Crippen molar-refractivity contribution in [1.29, 1.82) is 0 Å². The summed E-state index contributed by atoms with van der Waals surface area (Å²) in [5, 5.41) is 10.4. The molecule has 2 aromatic rings. The van der Waals surface area contributed by atoms with E-state index in [-0.39, 0.29) is 0 Å². The maximum absolute atomic E-state index is 10.4. The second-order valence-electron chi connectivity index (χ2n) is 3.66. The van der Waals surface area contributed by atoms with Gasteiger partial charge in [-0.05, 0) is 78.6 Å². The Morgan fingerprint density at radius 3 is 2.59 bits per heavy atom. The van der Waals surface area contributed by atoms with Crippen LogP contribution in [0.5, 0.6) is 0 Å². The monoisotopic (exact) mass is 486 g/mol. The minimum atomic E-state index is -0.585. The van der Waals surface area contributed by atoms with Gasteiger partial charge in [0.25, 0.3) is 0 Å². The summed E-state index contributed by atoms with van der Waals surface area (Å²) in [5.74, 6) is 0. The van der Waals surface area contributed by atoms with Gasteiger partial charge in [0.1, 0.15) is 6.10 Å². The zero-order chi connectivity index (χ0) is 12.6. The minimum absolute atomic E-state index is 0.585. The Morgan fingerprint density at radius 1 is 1.29 bits per heavy atom. The fourth-order valence-electron chi connectivity index (χ4n) is 1.59. The van der Waals surface area contributed by atoms with E-state index in [2.05, 4.69) is 67.4 Å². The van der Waals surface area contributed by atoms with Crippen molar-refractivity contribution >= 4 is 65.8 Å². The molecule has 1 nitrogen and oxygen atoms in total. The Balaban J connectivity index is 2.47. The summed E-state index contributed by atoms with van der Waals surface area (Å²) in [4.78, 5) is 0. The van der Waals surface area contributed by atoms with Crippen molar-refractivity contribution in [3.8, 4) is 0 Å². The number of thiophene rings is 1. The highest BCUT2D eigenvalue weighted by atomic mass is 127. The van der Waals surface area contributed by atoms with Crippen molar-refractivity contribution < 1.29 is 5.11 Å². The van der Waals surface area contributed by atoms with Crippen LogP contribution in [0.3, 0.4) is 0 Å². The second kappa shape index (κ2) is 5.69. The van der Waals surface area contributed by atoms with Gasteiger partial charge in [-0.2, -0.15) is 0 Å². The van der Waals surface area contributed by atoms with Crippen LogP contribution in [0.25, 0.3) is 0 Å². The summed E-state index contributed by atoms with van der Waals surface area (Å²) in [5.41, 5.74) is 3.05. The van der Waals surface area contributed by atoms with E-state index >= 15 is 0 Å². The van der Waals surface area contributed by atoms with Crippen LogP contribution < -0.4 is 0 Å². The molecule has 0 radical (unpaired) electrons. The Kier molecular flexibility index (Phi) is 4.68. The normalized spacial score (nSPS) is 12.8. The fourth-order valence-corrected chi connectivity index (χ4v) is 5.13. The molecule has 1 aromatic heterocycles. The van der Waals surface area contributed by atoms with Crippen LogP contribution in [0.2, 0.25) is 0 Å². The molecule has 1 unspecified atom stereocenters. The van der Waals surface area contributed by atoms with Gasteiger partial charge < -0.3 is 5.11 Å². The van der Waals surface area contributed by atoms with Crippen LogP contribution >= 0.6 is 65.8 Å². The molecule has 0 aliphatic carbocycles. The molecule has 2 rings (SSSR count). The van der Waals surface area contributed by atoms with Crippen LogP contribution in [0.4, 0.5) is 0 Å². The smallest absolute Gasteiger partial charge is 0.107 e. The quantitative estimate of drug-likeness (QED) is 0.572. The number of aryl methyl sites for hydroxylation is 1.